The number of pyridine rings is 1. The van der Waals surface area contributed by atoms with Gasteiger partial charge >= 0.3 is 0 Å². The predicted molar refractivity (Wildman–Crippen MR) is 101 cm³/mol. The van der Waals surface area contributed by atoms with E-state index in [2.05, 4.69) is 72.0 Å². The van der Waals surface area contributed by atoms with E-state index in [1.807, 2.05) is 12.4 Å². The largest absolute Gasteiger partial charge is 0.359 e. The summed E-state index contributed by atoms with van der Waals surface area (Å²) in [5.41, 5.74) is 3.48. The number of hydrogen-bond donors (Lipinski definition) is 1. The van der Waals surface area contributed by atoms with Crippen LogP contribution in [0, 0.1) is 5.92 Å². The maximum atomic E-state index is 4.51. The van der Waals surface area contributed by atoms with Gasteiger partial charge in [-0.25, -0.2) is 4.98 Å². The van der Waals surface area contributed by atoms with E-state index < -0.39 is 0 Å². The average molecular weight is 329 g/mol. The fraction of sp³-hybridized carbons (Fsp3) is 0.579. The summed E-state index contributed by atoms with van der Waals surface area (Å²) in [6.07, 6.45) is 6.27. The normalized spacial score (nSPS) is 11.5. The van der Waals surface area contributed by atoms with Crippen LogP contribution < -0.4 is 4.90 Å². The number of aromatic nitrogens is 3. The highest BCUT2D eigenvalue weighted by Crippen LogP contribution is 2.25. The number of nitrogens with zero attached hydrogens (tertiary/aromatic N) is 4. The summed E-state index contributed by atoms with van der Waals surface area (Å²) in [5, 5.41) is 7.44. The van der Waals surface area contributed by atoms with Crippen molar-refractivity contribution in [2.24, 2.45) is 5.92 Å². The molecule has 0 amide bonds. The lowest BCUT2D eigenvalue weighted by molar-refractivity contribution is 0.321. The lowest BCUT2D eigenvalue weighted by Crippen LogP contribution is -2.23. The Bertz CT molecular complexity index is 620. The van der Waals surface area contributed by atoms with Crippen molar-refractivity contribution in [3.63, 3.8) is 0 Å². The van der Waals surface area contributed by atoms with Crippen molar-refractivity contribution in [3.8, 4) is 11.3 Å². The third-order valence-electron chi connectivity index (χ3n) is 4.12. The summed E-state index contributed by atoms with van der Waals surface area (Å²) in [5.74, 6) is 1.61. The Hall–Kier alpha value is -1.88. The third-order valence-corrected chi connectivity index (χ3v) is 4.12. The van der Waals surface area contributed by atoms with Crippen LogP contribution in [0.2, 0.25) is 0 Å². The second kappa shape index (κ2) is 8.83. The van der Waals surface area contributed by atoms with Crippen molar-refractivity contribution in [1.82, 2.24) is 20.1 Å². The molecule has 0 aromatic carbocycles. The van der Waals surface area contributed by atoms with Gasteiger partial charge in [0.1, 0.15) is 5.82 Å². The molecular weight excluding hydrogens is 298 g/mol. The van der Waals surface area contributed by atoms with Crippen LogP contribution in [0.5, 0.6) is 0 Å². The van der Waals surface area contributed by atoms with Gasteiger partial charge in [-0.3, -0.25) is 5.10 Å². The van der Waals surface area contributed by atoms with Gasteiger partial charge in [0.2, 0.25) is 0 Å². The number of rotatable bonds is 9. The highest BCUT2D eigenvalue weighted by atomic mass is 15.2. The van der Waals surface area contributed by atoms with Gasteiger partial charge < -0.3 is 9.80 Å². The minimum absolute atomic E-state index is 0.607. The second-order valence-electron chi connectivity index (χ2n) is 7.04. The van der Waals surface area contributed by atoms with Crippen LogP contribution in [-0.4, -0.2) is 47.3 Å². The Morgan fingerprint density at radius 2 is 2.04 bits per heavy atom. The van der Waals surface area contributed by atoms with E-state index in [0.29, 0.717) is 5.92 Å². The minimum atomic E-state index is 0.607. The van der Waals surface area contributed by atoms with E-state index in [4.69, 9.17) is 0 Å². The Labute approximate surface area is 146 Å². The molecular formula is C19H31N5. The standard InChI is InChI=1S/C19H31N5/c1-6-7-10-23(4)14-17-12-21-22-19(17)16-8-9-20-18(11-16)24(5)13-15(2)3/h8-9,11-12,15H,6-7,10,13-14H2,1-5H3,(H,21,22). The van der Waals surface area contributed by atoms with E-state index in [1.54, 1.807) is 0 Å². The first kappa shape index (κ1) is 18.5. The van der Waals surface area contributed by atoms with Crippen LogP contribution in [-0.2, 0) is 6.54 Å². The molecule has 2 aromatic rings. The summed E-state index contributed by atoms with van der Waals surface area (Å²) in [6.45, 7) is 9.68. The van der Waals surface area contributed by atoms with Crippen molar-refractivity contribution in [3.05, 3.63) is 30.1 Å². The van der Waals surface area contributed by atoms with Gasteiger partial charge in [-0.15, -0.1) is 0 Å². The Morgan fingerprint density at radius 3 is 2.75 bits per heavy atom. The van der Waals surface area contributed by atoms with E-state index in [1.165, 1.54) is 18.4 Å². The van der Waals surface area contributed by atoms with Crippen LogP contribution in [0.25, 0.3) is 11.3 Å². The van der Waals surface area contributed by atoms with E-state index in [0.717, 1.165) is 36.7 Å². The molecule has 0 aliphatic rings. The highest BCUT2D eigenvalue weighted by molar-refractivity contribution is 5.65. The second-order valence-corrected chi connectivity index (χ2v) is 7.04. The summed E-state index contributed by atoms with van der Waals surface area (Å²) in [6, 6.07) is 4.20. The molecule has 5 nitrogen and oxygen atoms in total. The molecule has 0 fully saturated rings. The van der Waals surface area contributed by atoms with Gasteiger partial charge in [-0.1, -0.05) is 27.2 Å². The maximum Gasteiger partial charge on any atom is 0.128 e. The zero-order valence-corrected chi connectivity index (χ0v) is 15.7. The fourth-order valence-corrected chi connectivity index (χ4v) is 2.90. The maximum absolute atomic E-state index is 4.51. The molecule has 132 valence electrons. The molecule has 2 rings (SSSR count). The number of anilines is 1. The molecule has 0 unspecified atom stereocenters. The number of unbranched alkanes of at least 4 members (excludes halogenated alkanes) is 1. The molecule has 0 bridgehead atoms. The summed E-state index contributed by atoms with van der Waals surface area (Å²) in [4.78, 5) is 9.07. The van der Waals surface area contributed by atoms with Crippen LogP contribution >= 0.6 is 0 Å². The first-order chi connectivity index (χ1) is 11.5. The Kier molecular flexibility index (Phi) is 6.79. The quantitative estimate of drug-likeness (QED) is 0.760. The SMILES string of the molecule is CCCCN(C)Cc1cn[nH]c1-c1ccnc(N(C)CC(C)C)c1. The van der Waals surface area contributed by atoms with Gasteiger partial charge in [0, 0.05) is 37.5 Å². The predicted octanol–water partition coefficient (Wildman–Crippen LogP) is 3.80. The van der Waals surface area contributed by atoms with E-state index in [-0.39, 0.29) is 0 Å². The summed E-state index contributed by atoms with van der Waals surface area (Å²) >= 11 is 0. The van der Waals surface area contributed by atoms with Crippen LogP contribution in [0.15, 0.2) is 24.5 Å². The first-order valence-corrected chi connectivity index (χ1v) is 8.89. The van der Waals surface area contributed by atoms with Gasteiger partial charge in [0.05, 0.1) is 11.9 Å². The van der Waals surface area contributed by atoms with Gasteiger partial charge in [0.15, 0.2) is 0 Å². The Balaban J connectivity index is 2.16. The molecule has 0 saturated carbocycles. The zero-order chi connectivity index (χ0) is 17.5. The minimum Gasteiger partial charge on any atom is -0.359 e. The number of H-pyrrole nitrogens is 1. The summed E-state index contributed by atoms with van der Waals surface area (Å²) in [7, 11) is 4.26. The molecule has 0 aliphatic heterocycles. The van der Waals surface area contributed by atoms with Gasteiger partial charge in [0.25, 0.3) is 0 Å². The molecule has 24 heavy (non-hydrogen) atoms. The molecule has 5 heteroatoms. The number of hydrogen-bond acceptors (Lipinski definition) is 4. The topological polar surface area (TPSA) is 48.1 Å². The molecule has 1 N–H and O–H groups in total. The van der Waals surface area contributed by atoms with Crippen molar-refractivity contribution in [2.45, 2.75) is 40.2 Å². The average Bonchev–Trinajstić information content (AvgIpc) is 3.00. The summed E-state index contributed by atoms with van der Waals surface area (Å²) < 4.78 is 0. The lowest BCUT2D eigenvalue weighted by Gasteiger charge is -2.21. The van der Waals surface area contributed by atoms with Crippen molar-refractivity contribution < 1.29 is 0 Å². The van der Waals surface area contributed by atoms with Crippen LogP contribution in [0.4, 0.5) is 5.82 Å². The van der Waals surface area contributed by atoms with Crippen LogP contribution in [0.1, 0.15) is 39.2 Å². The first-order valence-electron chi connectivity index (χ1n) is 8.89. The monoisotopic (exact) mass is 329 g/mol. The molecule has 2 aromatic heterocycles. The Morgan fingerprint density at radius 1 is 1.25 bits per heavy atom. The fourth-order valence-electron chi connectivity index (χ4n) is 2.90. The molecule has 2 heterocycles. The van der Waals surface area contributed by atoms with Crippen molar-refractivity contribution in [1.29, 1.82) is 0 Å². The molecule has 0 saturated heterocycles. The van der Waals surface area contributed by atoms with Crippen molar-refractivity contribution >= 4 is 5.82 Å². The van der Waals surface area contributed by atoms with Gasteiger partial charge in [-0.05, 0) is 38.1 Å². The van der Waals surface area contributed by atoms with Crippen molar-refractivity contribution in [2.75, 3.05) is 32.1 Å². The number of nitrogens with one attached hydrogen (secondary N) is 1. The molecule has 0 spiro atoms. The zero-order valence-electron chi connectivity index (χ0n) is 15.7. The van der Waals surface area contributed by atoms with Gasteiger partial charge in [-0.2, -0.15) is 5.10 Å². The number of aromatic amines is 1. The molecule has 0 atom stereocenters. The lowest BCUT2D eigenvalue weighted by atomic mass is 10.1. The molecule has 0 radical (unpaired) electrons. The van der Waals surface area contributed by atoms with E-state index in [9.17, 15) is 0 Å². The van der Waals surface area contributed by atoms with Crippen LogP contribution in [0.3, 0.4) is 0 Å². The van der Waals surface area contributed by atoms with E-state index >= 15 is 0 Å². The smallest absolute Gasteiger partial charge is 0.128 e. The third kappa shape index (κ3) is 5.06. The highest BCUT2D eigenvalue weighted by Gasteiger charge is 2.12. The molecule has 0 aliphatic carbocycles.